The van der Waals surface area contributed by atoms with Crippen molar-refractivity contribution >= 4 is 21.0 Å². The van der Waals surface area contributed by atoms with Crippen molar-refractivity contribution in [2.45, 2.75) is 4.90 Å². The lowest BCUT2D eigenvalue weighted by molar-refractivity contribution is 0.553. The van der Waals surface area contributed by atoms with Gasteiger partial charge in [-0.3, -0.25) is 4.21 Å². The molecule has 0 aliphatic rings. The summed E-state index contributed by atoms with van der Waals surface area (Å²) < 4.78 is 43.8. The summed E-state index contributed by atoms with van der Waals surface area (Å²) in [5.41, 5.74) is 0. The first-order valence-corrected chi connectivity index (χ1v) is 6.72. The minimum atomic E-state index is -4.52. The van der Waals surface area contributed by atoms with Crippen molar-refractivity contribution in [1.29, 1.82) is 0 Å². The molecule has 1 rings (SSSR count). The Kier molecular flexibility index (Phi) is 3.77. The molecule has 1 aromatic carbocycles. The van der Waals surface area contributed by atoms with Crippen LogP contribution in [-0.2, 0) is 21.0 Å². The third-order valence-corrected chi connectivity index (χ3v) is 3.84. The quantitative estimate of drug-likeness (QED) is 0.735. The first-order chi connectivity index (χ1) is 6.49. The molecule has 0 N–H and O–H groups in total. The van der Waals surface area contributed by atoms with Crippen LogP contribution >= 0.6 is 0 Å². The topological polar surface area (TPSA) is 51.2 Å². The Morgan fingerprint density at radius 2 is 1.79 bits per heavy atom. The summed E-state index contributed by atoms with van der Waals surface area (Å²) in [6.45, 7) is 0. The molecule has 1 aromatic rings. The van der Waals surface area contributed by atoms with Gasteiger partial charge in [0.25, 0.3) is 0 Å². The fourth-order valence-electron chi connectivity index (χ4n) is 0.865. The van der Waals surface area contributed by atoms with Gasteiger partial charge in [0.05, 0.1) is 16.6 Å². The molecule has 0 heterocycles. The van der Waals surface area contributed by atoms with Gasteiger partial charge in [-0.25, -0.2) is 0 Å². The van der Waals surface area contributed by atoms with Crippen LogP contribution in [-0.4, -0.2) is 24.1 Å². The second-order valence-electron chi connectivity index (χ2n) is 2.61. The van der Waals surface area contributed by atoms with Crippen LogP contribution in [0.25, 0.3) is 0 Å². The molecule has 78 valence electrons. The second kappa shape index (κ2) is 4.65. The van der Waals surface area contributed by atoms with E-state index in [0.717, 1.165) is 0 Å². The fraction of sp³-hybridized carbons (Fsp3) is 0.250. The van der Waals surface area contributed by atoms with Crippen molar-refractivity contribution in [1.82, 2.24) is 0 Å². The van der Waals surface area contributed by atoms with Gasteiger partial charge in [-0.15, -0.1) is 3.89 Å². The predicted molar refractivity (Wildman–Crippen MR) is 52.6 cm³/mol. The molecular weight excluding hydrogens is 227 g/mol. The van der Waals surface area contributed by atoms with Gasteiger partial charge in [0.15, 0.2) is 0 Å². The summed E-state index contributed by atoms with van der Waals surface area (Å²) in [5.74, 6) is -0.905. The largest absolute Gasteiger partial charge is 0.303 e. The Balaban J connectivity index is 2.61. The van der Waals surface area contributed by atoms with Gasteiger partial charge < -0.3 is 0 Å². The van der Waals surface area contributed by atoms with Gasteiger partial charge in [0, 0.05) is 10.6 Å². The lowest BCUT2D eigenvalue weighted by Crippen LogP contribution is -2.08. The van der Waals surface area contributed by atoms with E-state index in [0.29, 0.717) is 4.90 Å². The zero-order valence-electron chi connectivity index (χ0n) is 7.22. The van der Waals surface area contributed by atoms with Gasteiger partial charge in [-0.05, 0) is 12.1 Å². The summed E-state index contributed by atoms with van der Waals surface area (Å²) in [4.78, 5) is 0.510. The van der Waals surface area contributed by atoms with E-state index in [9.17, 15) is 16.5 Å². The van der Waals surface area contributed by atoms with Crippen LogP contribution in [0.15, 0.2) is 35.2 Å². The Morgan fingerprint density at radius 3 is 2.29 bits per heavy atom. The maximum atomic E-state index is 12.1. The van der Waals surface area contributed by atoms with Crippen molar-refractivity contribution in [2.75, 3.05) is 11.5 Å². The summed E-state index contributed by atoms with van der Waals surface area (Å²) in [5, 5.41) is 0. The van der Waals surface area contributed by atoms with Crippen LogP contribution in [0, 0.1) is 0 Å². The monoisotopic (exact) mass is 236 g/mol. The molecule has 0 aromatic heterocycles. The molecule has 0 fully saturated rings. The molecule has 14 heavy (non-hydrogen) atoms. The van der Waals surface area contributed by atoms with Crippen molar-refractivity contribution < 1.29 is 16.5 Å². The lowest BCUT2D eigenvalue weighted by atomic mass is 10.4. The molecule has 6 heteroatoms. The van der Waals surface area contributed by atoms with E-state index < -0.39 is 26.8 Å². The highest BCUT2D eigenvalue weighted by molar-refractivity contribution is 7.89. The number of rotatable bonds is 4. The van der Waals surface area contributed by atoms with Gasteiger partial charge >= 0.3 is 10.2 Å². The Hall–Kier alpha value is -0.750. The van der Waals surface area contributed by atoms with E-state index in [2.05, 4.69) is 0 Å². The molecule has 0 amide bonds. The highest BCUT2D eigenvalue weighted by Gasteiger charge is 2.11. The average molecular weight is 236 g/mol. The minimum absolute atomic E-state index is 0.206. The second-order valence-corrected chi connectivity index (χ2v) is 5.66. The fourth-order valence-corrected chi connectivity index (χ4v) is 2.96. The first kappa shape index (κ1) is 11.3. The number of benzene rings is 1. The zero-order chi connectivity index (χ0) is 10.6. The van der Waals surface area contributed by atoms with Gasteiger partial charge in [-0.2, -0.15) is 8.42 Å². The van der Waals surface area contributed by atoms with Crippen molar-refractivity contribution in [2.24, 2.45) is 0 Å². The molecule has 1 atom stereocenters. The van der Waals surface area contributed by atoms with Crippen LogP contribution in [0.5, 0.6) is 0 Å². The molecule has 0 aliphatic carbocycles. The maximum Gasteiger partial charge on any atom is 0.303 e. The van der Waals surface area contributed by atoms with Crippen LogP contribution in [0.2, 0.25) is 0 Å². The highest BCUT2D eigenvalue weighted by Crippen LogP contribution is 2.06. The van der Waals surface area contributed by atoms with E-state index in [1.54, 1.807) is 30.3 Å². The molecule has 0 saturated heterocycles. The van der Waals surface area contributed by atoms with Crippen LogP contribution in [0.1, 0.15) is 0 Å². The summed E-state index contributed by atoms with van der Waals surface area (Å²) in [6, 6.07) is 8.36. The van der Waals surface area contributed by atoms with Crippen molar-refractivity contribution in [3.05, 3.63) is 30.3 Å². The number of hydrogen-bond donors (Lipinski definition) is 0. The van der Waals surface area contributed by atoms with Gasteiger partial charge in [0.2, 0.25) is 0 Å². The molecule has 3 nitrogen and oxygen atoms in total. The molecule has 0 saturated carbocycles. The minimum Gasteiger partial charge on any atom is -0.254 e. The van der Waals surface area contributed by atoms with Crippen LogP contribution in [0.3, 0.4) is 0 Å². The summed E-state index contributed by atoms with van der Waals surface area (Å²) in [7, 11) is -5.97. The standard InChI is InChI=1S/C8H9FO3S2/c9-14(11,12)7-6-13(10)8-4-2-1-3-5-8/h1-5H,6-7H2. The number of hydrogen-bond acceptors (Lipinski definition) is 3. The molecule has 0 aliphatic heterocycles. The summed E-state index contributed by atoms with van der Waals surface area (Å²) in [6.07, 6.45) is 0. The Morgan fingerprint density at radius 1 is 1.21 bits per heavy atom. The molecule has 0 spiro atoms. The van der Waals surface area contributed by atoms with E-state index in [1.165, 1.54) is 0 Å². The smallest absolute Gasteiger partial charge is 0.254 e. The van der Waals surface area contributed by atoms with E-state index in [4.69, 9.17) is 0 Å². The normalized spacial score (nSPS) is 13.8. The molecule has 0 radical (unpaired) electrons. The Bertz CT molecular complexity index is 413. The SMILES string of the molecule is O=S(CCS(=O)(=O)F)c1ccccc1. The third-order valence-electron chi connectivity index (χ3n) is 1.52. The first-order valence-electron chi connectivity index (χ1n) is 3.85. The number of halogens is 1. The molecule has 1 unspecified atom stereocenters. The average Bonchev–Trinajstić information content (AvgIpc) is 2.14. The summed E-state index contributed by atoms with van der Waals surface area (Å²) >= 11 is 0. The highest BCUT2D eigenvalue weighted by atomic mass is 32.3. The lowest BCUT2D eigenvalue weighted by Gasteiger charge is -1.98. The zero-order valence-corrected chi connectivity index (χ0v) is 8.85. The third kappa shape index (κ3) is 3.97. The Labute approximate surface area is 84.6 Å². The van der Waals surface area contributed by atoms with Gasteiger partial charge in [-0.1, -0.05) is 18.2 Å². The predicted octanol–water partition coefficient (Wildman–Crippen LogP) is 1.09. The van der Waals surface area contributed by atoms with Gasteiger partial charge in [0.1, 0.15) is 0 Å². The van der Waals surface area contributed by atoms with Crippen LogP contribution in [0.4, 0.5) is 3.89 Å². The molecular formula is C8H9FO3S2. The molecule has 0 bridgehead atoms. The van der Waals surface area contributed by atoms with Crippen molar-refractivity contribution in [3.8, 4) is 0 Å². The van der Waals surface area contributed by atoms with Crippen molar-refractivity contribution in [3.63, 3.8) is 0 Å². The van der Waals surface area contributed by atoms with E-state index in [1.807, 2.05) is 0 Å². The van der Waals surface area contributed by atoms with E-state index >= 15 is 0 Å². The maximum absolute atomic E-state index is 12.1. The van der Waals surface area contributed by atoms with Crippen LogP contribution < -0.4 is 0 Å². The van der Waals surface area contributed by atoms with E-state index in [-0.39, 0.29) is 5.75 Å².